The summed E-state index contributed by atoms with van der Waals surface area (Å²) in [5.74, 6) is 0. The zero-order valence-electron chi connectivity index (χ0n) is 21.1. The summed E-state index contributed by atoms with van der Waals surface area (Å²) in [6.07, 6.45) is 5.93. The molecule has 3 rings (SSSR count). The second kappa shape index (κ2) is 7.72. The van der Waals surface area contributed by atoms with Gasteiger partial charge in [-0.15, -0.1) is 0 Å². The zero-order valence-corrected chi connectivity index (χ0v) is 21.1. The van der Waals surface area contributed by atoms with Crippen LogP contribution in [-0.4, -0.2) is 20.2 Å². The van der Waals surface area contributed by atoms with Crippen molar-refractivity contribution in [2.45, 2.75) is 104 Å². The maximum Gasteiger partial charge on any atom is 0.155 e. The Kier molecular flexibility index (Phi) is 5.84. The average Bonchev–Trinajstić information content (AvgIpc) is 3.12. The van der Waals surface area contributed by atoms with Crippen LogP contribution in [0.5, 0.6) is 0 Å². The van der Waals surface area contributed by atoms with E-state index in [2.05, 4.69) is 97.6 Å². The number of pyridine rings is 2. The molecule has 0 spiro atoms. The predicted octanol–water partition coefficient (Wildman–Crippen LogP) is 6.98. The standard InChI is InChI=1S/C27H40N4/c1-24(2,3)21-19(12-11-15-28-21)26(7,8)13-14-27(9,10)20-16-18-17-29-31-23(18)30-22(20)25(4,5)6/h11-12,15-17H,13-14H2,1-10H3,(H,29,30,31). The van der Waals surface area contributed by atoms with Crippen molar-refractivity contribution in [1.82, 2.24) is 20.2 Å². The lowest BCUT2D eigenvalue weighted by Crippen LogP contribution is -2.30. The van der Waals surface area contributed by atoms with Gasteiger partial charge in [0, 0.05) is 28.1 Å². The van der Waals surface area contributed by atoms with Gasteiger partial charge in [-0.2, -0.15) is 5.10 Å². The lowest BCUT2D eigenvalue weighted by molar-refractivity contribution is 0.362. The molecule has 0 saturated carbocycles. The van der Waals surface area contributed by atoms with Crippen LogP contribution in [0, 0.1) is 0 Å². The van der Waals surface area contributed by atoms with E-state index in [0.29, 0.717) is 0 Å². The molecule has 0 bridgehead atoms. The molecule has 0 amide bonds. The van der Waals surface area contributed by atoms with Crippen molar-refractivity contribution in [3.63, 3.8) is 0 Å². The molecule has 4 heteroatoms. The Hall–Kier alpha value is -2.23. The van der Waals surface area contributed by atoms with Gasteiger partial charge in [-0.25, -0.2) is 4.98 Å². The van der Waals surface area contributed by atoms with E-state index in [1.807, 2.05) is 12.4 Å². The molecule has 0 saturated heterocycles. The second-order valence-corrected chi connectivity index (χ2v) is 12.4. The van der Waals surface area contributed by atoms with Crippen LogP contribution in [0.4, 0.5) is 0 Å². The van der Waals surface area contributed by atoms with Gasteiger partial charge in [0.1, 0.15) is 0 Å². The van der Waals surface area contributed by atoms with Gasteiger partial charge in [0.15, 0.2) is 5.65 Å². The quantitative estimate of drug-likeness (QED) is 0.484. The number of fused-ring (bicyclic) bond motifs is 1. The van der Waals surface area contributed by atoms with Crippen LogP contribution >= 0.6 is 0 Å². The summed E-state index contributed by atoms with van der Waals surface area (Å²) >= 11 is 0. The molecule has 3 aromatic rings. The summed E-state index contributed by atoms with van der Waals surface area (Å²) in [6.45, 7) is 22.9. The third kappa shape index (κ3) is 4.83. The van der Waals surface area contributed by atoms with Crippen molar-refractivity contribution < 1.29 is 0 Å². The fraction of sp³-hybridized carbons (Fsp3) is 0.593. The van der Waals surface area contributed by atoms with E-state index in [1.165, 1.54) is 16.8 Å². The van der Waals surface area contributed by atoms with Crippen LogP contribution in [0.15, 0.2) is 30.6 Å². The van der Waals surface area contributed by atoms with Gasteiger partial charge in [-0.1, -0.05) is 75.3 Å². The highest BCUT2D eigenvalue weighted by atomic mass is 15.1. The molecule has 3 heterocycles. The molecule has 0 aliphatic carbocycles. The van der Waals surface area contributed by atoms with E-state index in [9.17, 15) is 0 Å². The molecule has 0 aliphatic heterocycles. The van der Waals surface area contributed by atoms with Gasteiger partial charge in [0.2, 0.25) is 0 Å². The first kappa shape index (κ1) is 23.4. The minimum Gasteiger partial charge on any atom is -0.261 e. The highest BCUT2D eigenvalue weighted by Gasteiger charge is 2.34. The molecule has 0 aliphatic rings. The summed E-state index contributed by atoms with van der Waals surface area (Å²) in [7, 11) is 0. The summed E-state index contributed by atoms with van der Waals surface area (Å²) in [6, 6.07) is 6.64. The summed E-state index contributed by atoms with van der Waals surface area (Å²) < 4.78 is 0. The average molecular weight is 421 g/mol. The molecular weight excluding hydrogens is 380 g/mol. The van der Waals surface area contributed by atoms with Gasteiger partial charge >= 0.3 is 0 Å². The number of nitrogens with one attached hydrogen (secondary N) is 1. The van der Waals surface area contributed by atoms with Gasteiger partial charge in [-0.3, -0.25) is 10.1 Å². The Labute approximate surface area is 188 Å². The van der Waals surface area contributed by atoms with E-state index < -0.39 is 0 Å². The Morgan fingerprint density at radius 2 is 1.35 bits per heavy atom. The lowest BCUT2D eigenvalue weighted by Gasteiger charge is -2.36. The first-order valence-corrected chi connectivity index (χ1v) is 11.4. The number of H-pyrrole nitrogens is 1. The summed E-state index contributed by atoms with van der Waals surface area (Å²) in [5.41, 5.74) is 5.92. The normalized spacial score (nSPS) is 13.7. The molecular formula is C27H40N4. The number of rotatable bonds is 5. The molecule has 1 N–H and O–H groups in total. The largest absolute Gasteiger partial charge is 0.261 e. The fourth-order valence-electron chi connectivity index (χ4n) is 4.41. The smallest absolute Gasteiger partial charge is 0.155 e. The van der Waals surface area contributed by atoms with Crippen molar-refractivity contribution in [2.75, 3.05) is 0 Å². The van der Waals surface area contributed by atoms with Crippen LogP contribution in [0.1, 0.15) is 105 Å². The molecule has 0 fully saturated rings. The van der Waals surface area contributed by atoms with Crippen LogP contribution in [0.25, 0.3) is 11.0 Å². The first-order valence-electron chi connectivity index (χ1n) is 11.4. The van der Waals surface area contributed by atoms with E-state index >= 15 is 0 Å². The highest BCUT2D eigenvalue weighted by molar-refractivity contribution is 5.75. The van der Waals surface area contributed by atoms with Crippen molar-refractivity contribution in [1.29, 1.82) is 0 Å². The van der Waals surface area contributed by atoms with Crippen molar-refractivity contribution in [3.8, 4) is 0 Å². The Balaban J connectivity index is 1.97. The number of aromatic amines is 1. The third-order valence-electron chi connectivity index (χ3n) is 6.49. The van der Waals surface area contributed by atoms with Crippen LogP contribution in [0.3, 0.4) is 0 Å². The lowest BCUT2D eigenvalue weighted by atomic mass is 9.69. The minimum atomic E-state index is -0.0375. The van der Waals surface area contributed by atoms with E-state index in [-0.39, 0.29) is 21.7 Å². The molecule has 31 heavy (non-hydrogen) atoms. The second-order valence-electron chi connectivity index (χ2n) is 12.4. The van der Waals surface area contributed by atoms with Gasteiger partial charge < -0.3 is 0 Å². The summed E-state index contributed by atoms with van der Waals surface area (Å²) in [4.78, 5) is 9.77. The fourth-order valence-corrected chi connectivity index (χ4v) is 4.41. The monoisotopic (exact) mass is 420 g/mol. The number of aromatic nitrogens is 4. The van der Waals surface area contributed by atoms with Gasteiger partial charge in [0.25, 0.3) is 0 Å². The molecule has 4 nitrogen and oxygen atoms in total. The van der Waals surface area contributed by atoms with Crippen molar-refractivity contribution in [2.24, 2.45) is 0 Å². The first-order chi connectivity index (χ1) is 14.1. The SMILES string of the molecule is CC(C)(C)c1ncccc1C(C)(C)CCC(C)(C)c1cc2cn[nH]c2nc1C(C)(C)C. The highest BCUT2D eigenvalue weighted by Crippen LogP contribution is 2.42. The number of hydrogen-bond acceptors (Lipinski definition) is 3. The van der Waals surface area contributed by atoms with Gasteiger partial charge in [-0.05, 0) is 46.9 Å². The maximum atomic E-state index is 4.99. The number of nitrogens with zero attached hydrogens (tertiary/aromatic N) is 3. The summed E-state index contributed by atoms with van der Waals surface area (Å²) in [5, 5.41) is 8.33. The van der Waals surface area contributed by atoms with Crippen molar-refractivity contribution >= 4 is 11.0 Å². The van der Waals surface area contributed by atoms with E-state index in [1.54, 1.807) is 0 Å². The van der Waals surface area contributed by atoms with Crippen molar-refractivity contribution in [3.05, 3.63) is 53.1 Å². The third-order valence-corrected chi connectivity index (χ3v) is 6.49. The minimum absolute atomic E-state index is 0.0115. The molecule has 168 valence electrons. The Bertz CT molecular complexity index is 1060. The van der Waals surface area contributed by atoms with Crippen LogP contribution in [-0.2, 0) is 21.7 Å². The van der Waals surface area contributed by atoms with E-state index in [0.717, 1.165) is 29.6 Å². The zero-order chi connectivity index (χ0) is 23.2. The molecule has 0 unspecified atom stereocenters. The van der Waals surface area contributed by atoms with Crippen LogP contribution < -0.4 is 0 Å². The predicted molar refractivity (Wildman–Crippen MR) is 131 cm³/mol. The van der Waals surface area contributed by atoms with E-state index in [4.69, 9.17) is 9.97 Å². The van der Waals surface area contributed by atoms with Gasteiger partial charge in [0.05, 0.1) is 11.9 Å². The molecule has 3 aromatic heterocycles. The number of hydrogen-bond donors (Lipinski definition) is 1. The van der Waals surface area contributed by atoms with Crippen LogP contribution in [0.2, 0.25) is 0 Å². The topological polar surface area (TPSA) is 54.5 Å². The Morgan fingerprint density at radius 1 is 0.774 bits per heavy atom. The maximum absolute atomic E-state index is 4.99. The molecule has 0 radical (unpaired) electrons. The Morgan fingerprint density at radius 3 is 1.94 bits per heavy atom. The molecule has 0 aromatic carbocycles. The molecule has 0 atom stereocenters.